The molecule has 1 amide bonds. The zero-order valence-electron chi connectivity index (χ0n) is 17.0. The van der Waals surface area contributed by atoms with Crippen molar-refractivity contribution >= 4 is 11.7 Å². The summed E-state index contributed by atoms with van der Waals surface area (Å²) in [7, 11) is 0. The first-order valence-electron chi connectivity index (χ1n) is 10.0. The SMILES string of the molecule is C/C=C1/CCN(CC(=O)N2CCN(c3ccc(C(C)C)cn3)CC2)CC1(F)F. The molecule has 0 atom stereocenters. The molecule has 5 nitrogen and oxygen atoms in total. The van der Waals surface area contributed by atoms with E-state index in [1.807, 2.05) is 12.3 Å². The topological polar surface area (TPSA) is 39.7 Å². The number of alkyl halides is 2. The summed E-state index contributed by atoms with van der Waals surface area (Å²) >= 11 is 0. The molecule has 0 saturated carbocycles. The van der Waals surface area contributed by atoms with E-state index in [0.717, 1.165) is 5.82 Å². The van der Waals surface area contributed by atoms with Crippen molar-refractivity contribution < 1.29 is 13.6 Å². The third-order valence-electron chi connectivity index (χ3n) is 5.69. The van der Waals surface area contributed by atoms with E-state index in [2.05, 4.69) is 29.8 Å². The number of hydrogen-bond donors (Lipinski definition) is 0. The van der Waals surface area contributed by atoms with Gasteiger partial charge in [-0.2, -0.15) is 0 Å². The maximum absolute atomic E-state index is 14.1. The molecule has 28 heavy (non-hydrogen) atoms. The highest BCUT2D eigenvalue weighted by Crippen LogP contribution is 2.32. The summed E-state index contributed by atoms with van der Waals surface area (Å²) in [6.45, 7) is 8.72. The number of carbonyl (C=O) groups excluding carboxylic acids is 1. The van der Waals surface area contributed by atoms with E-state index in [4.69, 9.17) is 0 Å². The molecule has 154 valence electrons. The van der Waals surface area contributed by atoms with Crippen LogP contribution in [0.15, 0.2) is 30.0 Å². The summed E-state index contributed by atoms with van der Waals surface area (Å²) in [5.41, 5.74) is 1.39. The van der Waals surface area contributed by atoms with Crippen molar-refractivity contribution in [3.8, 4) is 0 Å². The number of allylic oxidation sites excluding steroid dienone is 1. The molecule has 0 radical (unpaired) electrons. The first kappa shape index (κ1) is 20.7. The fourth-order valence-electron chi connectivity index (χ4n) is 3.82. The molecule has 2 aliphatic rings. The summed E-state index contributed by atoms with van der Waals surface area (Å²) in [4.78, 5) is 22.7. The van der Waals surface area contributed by atoms with Crippen molar-refractivity contribution in [3.63, 3.8) is 0 Å². The van der Waals surface area contributed by atoms with Crippen molar-refractivity contribution in [2.75, 3.05) is 50.7 Å². The average molecular weight is 392 g/mol. The Kier molecular flexibility index (Phi) is 6.33. The first-order valence-corrected chi connectivity index (χ1v) is 10.0. The molecule has 2 fully saturated rings. The van der Waals surface area contributed by atoms with Gasteiger partial charge in [-0.05, 0) is 36.5 Å². The molecule has 0 spiro atoms. The van der Waals surface area contributed by atoms with Gasteiger partial charge < -0.3 is 9.80 Å². The number of hydrogen-bond acceptors (Lipinski definition) is 4. The van der Waals surface area contributed by atoms with Crippen LogP contribution in [0, 0.1) is 0 Å². The zero-order chi connectivity index (χ0) is 20.3. The molecule has 0 bridgehead atoms. The quantitative estimate of drug-likeness (QED) is 0.738. The molecule has 0 aliphatic carbocycles. The van der Waals surface area contributed by atoms with Crippen LogP contribution in [-0.2, 0) is 4.79 Å². The van der Waals surface area contributed by atoms with Gasteiger partial charge in [0.1, 0.15) is 5.82 Å². The standard InChI is InChI=1S/C21H30F2N4O/c1-4-18-7-8-25(15-21(18,22)23)14-20(28)27-11-9-26(10-12-27)19-6-5-17(13-24-19)16(2)3/h4-6,13,16H,7-12,14-15H2,1-3H3/b18-4-. The van der Waals surface area contributed by atoms with E-state index in [-0.39, 0.29) is 24.6 Å². The van der Waals surface area contributed by atoms with Crippen molar-refractivity contribution in [2.45, 2.75) is 39.0 Å². The Hall–Kier alpha value is -2.02. The van der Waals surface area contributed by atoms with Gasteiger partial charge >= 0.3 is 0 Å². The number of piperidine rings is 1. The Morgan fingerprint density at radius 1 is 1.21 bits per heavy atom. The predicted molar refractivity (Wildman–Crippen MR) is 107 cm³/mol. The van der Waals surface area contributed by atoms with Crippen LogP contribution in [0.4, 0.5) is 14.6 Å². The fraction of sp³-hybridized carbons (Fsp3) is 0.619. The number of amides is 1. The minimum Gasteiger partial charge on any atom is -0.353 e. The largest absolute Gasteiger partial charge is 0.353 e. The molecule has 2 saturated heterocycles. The van der Waals surface area contributed by atoms with Gasteiger partial charge in [0.05, 0.1) is 13.1 Å². The second-order valence-corrected chi connectivity index (χ2v) is 7.95. The summed E-state index contributed by atoms with van der Waals surface area (Å²) in [6.07, 6.45) is 3.73. The van der Waals surface area contributed by atoms with E-state index in [0.29, 0.717) is 45.1 Å². The number of aromatic nitrogens is 1. The Morgan fingerprint density at radius 2 is 1.93 bits per heavy atom. The number of piperazine rings is 1. The lowest BCUT2D eigenvalue weighted by atomic mass is 10.00. The highest BCUT2D eigenvalue weighted by molar-refractivity contribution is 5.78. The second kappa shape index (κ2) is 8.55. The summed E-state index contributed by atoms with van der Waals surface area (Å²) in [5, 5.41) is 0. The number of halogens is 2. The lowest BCUT2D eigenvalue weighted by Crippen LogP contribution is -2.53. The van der Waals surface area contributed by atoms with Crippen molar-refractivity contribution in [3.05, 3.63) is 35.5 Å². The Bertz CT molecular complexity index is 710. The number of likely N-dealkylation sites (tertiary alicyclic amines) is 1. The highest BCUT2D eigenvalue weighted by Gasteiger charge is 2.40. The molecular weight excluding hydrogens is 362 g/mol. The summed E-state index contributed by atoms with van der Waals surface area (Å²) in [5.74, 6) is -1.53. The van der Waals surface area contributed by atoms with Gasteiger partial charge in [-0.3, -0.25) is 9.69 Å². The first-order chi connectivity index (χ1) is 13.3. The van der Waals surface area contributed by atoms with Crippen LogP contribution in [0.1, 0.15) is 38.7 Å². The van der Waals surface area contributed by atoms with Gasteiger partial charge in [-0.15, -0.1) is 0 Å². The molecule has 0 aromatic carbocycles. The van der Waals surface area contributed by atoms with Crippen molar-refractivity contribution in [2.24, 2.45) is 0 Å². The predicted octanol–water partition coefficient (Wildman–Crippen LogP) is 3.14. The Balaban J connectivity index is 1.50. The third-order valence-corrected chi connectivity index (χ3v) is 5.69. The Morgan fingerprint density at radius 3 is 2.46 bits per heavy atom. The number of anilines is 1. The van der Waals surface area contributed by atoms with Crippen LogP contribution >= 0.6 is 0 Å². The minimum absolute atomic E-state index is 0.0634. The number of rotatable bonds is 4. The molecular formula is C21H30F2N4O. The number of carbonyl (C=O) groups is 1. The lowest BCUT2D eigenvalue weighted by molar-refractivity contribution is -0.134. The van der Waals surface area contributed by atoms with Crippen LogP contribution in [0.3, 0.4) is 0 Å². The second-order valence-electron chi connectivity index (χ2n) is 7.95. The van der Waals surface area contributed by atoms with Crippen LogP contribution < -0.4 is 4.90 Å². The average Bonchev–Trinajstić information content (AvgIpc) is 2.67. The van der Waals surface area contributed by atoms with Crippen LogP contribution in [-0.4, -0.2) is 72.4 Å². The zero-order valence-corrected chi connectivity index (χ0v) is 17.0. The molecule has 7 heteroatoms. The van der Waals surface area contributed by atoms with E-state index in [9.17, 15) is 13.6 Å². The maximum Gasteiger partial charge on any atom is 0.281 e. The van der Waals surface area contributed by atoms with Gasteiger partial charge in [0.2, 0.25) is 5.91 Å². The Labute approximate surface area is 166 Å². The molecule has 1 aromatic heterocycles. The van der Waals surface area contributed by atoms with Crippen molar-refractivity contribution in [1.82, 2.24) is 14.8 Å². The monoisotopic (exact) mass is 392 g/mol. The van der Waals surface area contributed by atoms with Gasteiger partial charge in [-0.25, -0.2) is 13.8 Å². The smallest absolute Gasteiger partial charge is 0.281 e. The molecule has 0 N–H and O–H groups in total. The van der Waals surface area contributed by atoms with Crippen LogP contribution in [0.5, 0.6) is 0 Å². The molecule has 3 rings (SSSR count). The maximum atomic E-state index is 14.1. The minimum atomic E-state index is -2.83. The number of nitrogens with zero attached hydrogens (tertiary/aromatic N) is 4. The van der Waals surface area contributed by atoms with Crippen LogP contribution in [0.25, 0.3) is 0 Å². The van der Waals surface area contributed by atoms with Gasteiger partial charge in [-0.1, -0.05) is 26.0 Å². The highest BCUT2D eigenvalue weighted by atomic mass is 19.3. The van der Waals surface area contributed by atoms with E-state index >= 15 is 0 Å². The molecule has 3 heterocycles. The van der Waals surface area contributed by atoms with Crippen molar-refractivity contribution in [1.29, 1.82) is 0 Å². The third kappa shape index (κ3) is 4.69. The normalized spacial score (nSPS) is 22.1. The van der Waals surface area contributed by atoms with E-state index < -0.39 is 5.92 Å². The molecule has 2 aliphatic heterocycles. The summed E-state index contributed by atoms with van der Waals surface area (Å²) < 4.78 is 28.2. The van der Waals surface area contributed by atoms with E-state index in [1.54, 1.807) is 16.7 Å². The summed E-state index contributed by atoms with van der Waals surface area (Å²) in [6, 6.07) is 4.13. The van der Waals surface area contributed by atoms with Gasteiger partial charge in [0.25, 0.3) is 5.92 Å². The van der Waals surface area contributed by atoms with Gasteiger partial charge in [0, 0.05) is 38.9 Å². The fourth-order valence-corrected chi connectivity index (χ4v) is 3.82. The van der Waals surface area contributed by atoms with E-state index in [1.165, 1.54) is 11.6 Å². The lowest BCUT2D eigenvalue weighted by Gasteiger charge is -2.38. The molecule has 0 unspecified atom stereocenters. The number of pyridine rings is 1. The van der Waals surface area contributed by atoms with Gasteiger partial charge in [0.15, 0.2) is 0 Å². The molecule has 1 aromatic rings. The van der Waals surface area contributed by atoms with Crippen LogP contribution in [0.2, 0.25) is 0 Å².